The molecule has 1 aromatic heterocycles. The van der Waals surface area contributed by atoms with Gasteiger partial charge in [0.2, 0.25) is 5.91 Å². The van der Waals surface area contributed by atoms with E-state index in [9.17, 15) is 4.79 Å². The highest BCUT2D eigenvalue weighted by molar-refractivity contribution is 5.91. The first-order valence-corrected chi connectivity index (χ1v) is 8.02. The molecular formula is C20H21NO3. The van der Waals surface area contributed by atoms with E-state index in [1.165, 1.54) is 5.56 Å². The summed E-state index contributed by atoms with van der Waals surface area (Å²) in [6.07, 6.45) is 2.75. The number of ether oxygens (including phenoxy) is 1. The van der Waals surface area contributed by atoms with Crippen LogP contribution in [0.1, 0.15) is 31.2 Å². The third kappa shape index (κ3) is 3.27. The van der Waals surface area contributed by atoms with Gasteiger partial charge in [0.25, 0.3) is 0 Å². The van der Waals surface area contributed by atoms with Gasteiger partial charge < -0.3 is 14.9 Å². The Labute approximate surface area is 141 Å². The molecule has 124 valence electrons. The highest BCUT2D eigenvalue weighted by atomic mass is 16.5. The van der Waals surface area contributed by atoms with Gasteiger partial charge in [-0.1, -0.05) is 13.0 Å². The molecule has 0 aliphatic heterocycles. The molecule has 1 unspecified atom stereocenters. The molecule has 4 heteroatoms. The number of hydrogen-bond acceptors (Lipinski definition) is 3. The molecule has 2 N–H and O–H groups in total. The van der Waals surface area contributed by atoms with E-state index in [1.54, 1.807) is 13.4 Å². The molecular weight excluding hydrogens is 302 g/mol. The monoisotopic (exact) mass is 323 g/mol. The minimum atomic E-state index is -0.272. The molecule has 0 spiro atoms. The zero-order chi connectivity index (χ0) is 17.1. The van der Waals surface area contributed by atoms with Crippen LogP contribution in [-0.2, 0) is 4.79 Å². The Kier molecular flexibility index (Phi) is 4.56. The number of carbonyl (C=O) groups is 1. The number of rotatable bonds is 6. The van der Waals surface area contributed by atoms with Crippen molar-refractivity contribution in [2.45, 2.75) is 25.7 Å². The fraction of sp³-hybridized carbons (Fsp3) is 0.250. The smallest absolute Gasteiger partial charge is 0.217 e. The van der Waals surface area contributed by atoms with Gasteiger partial charge in [0.05, 0.1) is 13.4 Å². The topological polar surface area (TPSA) is 65.5 Å². The lowest BCUT2D eigenvalue weighted by molar-refractivity contribution is -0.118. The van der Waals surface area contributed by atoms with E-state index in [1.807, 2.05) is 30.3 Å². The maximum absolute atomic E-state index is 11.1. The van der Waals surface area contributed by atoms with Gasteiger partial charge in [0.15, 0.2) is 0 Å². The molecule has 1 atom stereocenters. The molecule has 0 fully saturated rings. The number of benzene rings is 2. The number of hydrogen-bond donors (Lipinski definition) is 1. The first-order chi connectivity index (χ1) is 11.6. The molecule has 1 heterocycles. The predicted molar refractivity (Wildman–Crippen MR) is 95.0 cm³/mol. The highest BCUT2D eigenvalue weighted by Crippen LogP contribution is 2.35. The van der Waals surface area contributed by atoms with E-state index in [0.29, 0.717) is 12.8 Å². The third-order valence-corrected chi connectivity index (χ3v) is 4.35. The third-order valence-electron chi connectivity index (χ3n) is 4.35. The normalized spacial score (nSPS) is 12.2. The second-order valence-corrected chi connectivity index (χ2v) is 6.04. The van der Waals surface area contributed by atoms with Gasteiger partial charge in [-0.3, -0.25) is 4.79 Å². The Morgan fingerprint density at radius 3 is 2.75 bits per heavy atom. The molecule has 3 rings (SSSR count). The van der Waals surface area contributed by atoms with Crippen LogP contribution in [0.4, 0.5) is 0 Å². The van der Waals surface area contributed by atoms with Crippen LogP contribution < -0.4 is 10.5 Å². The molecule has 1 amide bonds. The molecule has 0 saturated carbocycles. The molecule has 24 heavy (non-hydrogen) atoms. The summed E-state index contributed by atoms with van der Waals surface area (Å²) >= 11 is 0. The molecule has 3 aromatic rings. The Bertz CT molecular complexity index is 853. The fourth-order valence-corrected chi connectivity index (χ4v) is 3.00. The first-order valence-electron chi connectivity index (χ1n) is 8.02. The Balaban J connectivity index is 2.12. The lowest BCUT2D eigenvalue weighted by Gasteiger charge is -2.16. The van der Waals surface area contributed by atoms with Gasteiger partial charge in [0, 0.05) is 12.0 Å². The summed E-state index contributed by atoms with van der Waals surface area (Å²) in [5, 5.41) is 2.24. The van der Waals surface area contributed by atoms with Gasteiger partial charge in [0.1, 0.15) is 11.5 Å². The van der Waals surface area contributed by atoms with E-state index in [0.717, 1.165) is 27.8 Å². The van der Waals surface area contributed by atoms with Gasteiger partial charge in [-0.05, 0) is 65.1 Å². The molecule has 0 aliphatic rings. The van der Waals surface area contributed by atoms with Crippen molar-refractivity contribution >= 4 is 16.7 Å². The van der Waals surface area contributed by atoms with Crippen LogP contribution in [0, 0.1) is 0 Å². The van der Waals surface area contributed by atoms with Gasteiger partial charge in [-0.15, -0.1) is 0 Å². The average Bonchev–Trinajstić information content (AvgIpc) is 3.12. The van der Waals surface area contributed by atoms with Crippen molar-refractivity contribution in [3.63, 3.8) is 0 Å². The quantitative estimate of drug-likeness (QED) is 0.727. The average molecular weight is 323 g/mol. The fourth-order valence-electron chi connectivity index (χ4n) is 3.00. The van der Waals surface area contributed by atoms with Crippen LogP contribution in [0.25, 0.3) is 22.1 Å². The Morgan fingerprint density at radius 2 is 2.08 bits per heavy atom. The van der Waals surface area contributed by atoms with Gasteiger partial charge in [-0.2, -0.15) is 0 Å². The van der Waals surface area contributed by atoms with E-state index >= 15 is 0 Å². The minimum absolute atomic E-state index is 0.196. The van der Waals surface area contributed by atoms with Crippen LogP contribution in [0.2, 0.25) is 0 Å². The number of carbonyl (C=O) groups excluding carboxylic acids is 1. The molecule has 0 saturated heterocycles. The van der Waals surface area contributed by atoms with E-state index in [2.05, 4.69) is 19.1 Å². The lowest BCUT2D eigenvalue weighted by atomic mass is 9.89. The van der Waals surface area contributed by atoms with Crippen LogP contribution >= 0.6 is 0 Å². The molecule has 2 aromatic carbocycles. The van der Waals surface area contributed by atoms with Crippen molar-refractivity contribution in [2.24, 2.45) is 5.73 Å². The van der Waals surface area contributed by atoms with Crippen molar-refractivity contribution < 1.29 is 13.9 Å². The van der Waals surface area contributed by atoms with Crippen LogP contribution in [0.3, 0.4) is 0 Å². The summed E-state index contributed by atoms with van der Waals surface area (Å²) in [5.74, 6) is 1.57. The van der Waals surface area contributed by atoms with E-state index < -0.39 is 0 Å². The van der Waals surface area contributed by atoms with Crippen molar-refractivity contribution in [1.82, 2.24) is 0 Å². The van der Waals surface area contributed by atoms with Crippen LogP contribution in [0.5, 0.6) is 5.75 Å². The van der Waals surface area contributed by atoms with E-state index in [4.69, 9.17) is 14.9 Å². The SMILES string of the molecule is COc1ccc2cc(-c3ccco3)cc(C(C)CCC(N)=O)c2c1. The Morgan fingerprint density at radius 1 is 1.25 bits per heavy atom. The van der Waals surface area contributed by atoms with Crippen LogP contribution in [0.15, 0.2) is 53.1 Å². The second kappa shape index (κ2) is 6.79. The van der Waals surface area contributed by atoms with Gasteiger partial charge in [-0.25, -0.2) is 0 Å². The maximum atomic E-state index is 11.1. The van der Waals surface area contributed by atoms with E-state index in [-0.39, 0.29) is 11.8 Å². The summed E-state index contributed by atoms with van der Waals surface area (Å²) in [7, 11) is 1.66. The van der Waals surface area contributed by atoms with Crippen molar-refractivity contribution in [1.29, 1.82) is 0 Å². The standard InChI is InChI=1S/C20H21NO3/c1-13(5-8-20(21)22)17-11-15(19-4-3-9-24-19)10-14-6-7-16(23-2)12-18(14)17/h3-4,6-7,9-13H,5,8H2,1-2H3,(H2,21,22). The molecule has 4 nitrogen and oxygen atoms in total. The number of amides is 1. The van der Waals surface area contributed by atoms with Crippen molar-refractivity contribution in [3.8, 4) is 17.1 Å². The largest absolute Gasteiger partial charge is 0.497 e. The maximum Gasteiger partial charge on any atom is 0.217 e. The zero-order valence-electron chi connectivity index (χ0n) is 13.9. The van der Waals surface area contributed by atoms with Gasteiger partial charge >= 0.3 is 0 Å². The summed E-state index contributed by atoms with van der Waals surface area (Å²) < 4.78 is 10.9. The van der Waals surface area contributed by atoms with Crippen molar-refractivity contribution in [3.05, 3.63) is 54.3 Å². The predicted octanol–water partition coefficient (Wildman–Crippen LogP) is 4.48. The second-order valence-electron chi connectivity index (χ2n) is 6.04. The summed E-state index contributed by atoms with van der Waals surface area (Å²) in [4.78, 5) is 11.1. The number of furan rings is 1. The molecule has 0 radical (unpaired) electrons. The first kappa shape index (κ1) is 16.1. The number of primary amides is 1. The highest BCUT2D eigenvalue weighted by Gasteiger charge is 2.15. The number of fused-ring (bicyclic) bond motifs is 1. The minimum Gasteiger partial charge on any atom is -0.497 e. The molecule has 0 aliphatic carbocycles. The summed E-state index contributed by atoms with van der Waals surface area (Å²) in [6.45, 7) is 2.11. The van der Waals surface area contributed by atoms with Crippen molar-refractivity contribution in [2.75, 3.05) is 7.11 Å². The molecule has 0 bridgehead atoms. The number of nitrogens with two attached hydrogens (primary N) is 1. The number of methoxy groups -OCH3 is 1. The summed E-state index contributed by atoms with van der Waals surface area (Å²) in [5.41, 5.74) is 7.50. The zero-order valence-corrected chi connectivity index (χ0v) is 13.9. The summed E-state index contributed by atoms with van der Waals surface area (Å²) in [6, 6.07) is 14.1. The Hall–Kier alpha value is -2.75. The lowest BCUT2D eigenvalue weighted by Crippen LogP contribution is -2.11. The van der Waals surface area contributed by atoms with Crippen LogP contribution in [-0.4, -0.2) is 13.0 Å².